The second-order valence-electron chi connectivity index (χ2n) is 7.68. The predicted octanol–water partition coefficient (Wildman–Crippen LogP) is 4.19. The number of benzene rings is 2. The highest BCUT2D eigenvalue weighted by atomic mass is 28.3. The Balaban J connectivity index is 1.60. The first-order valence-corrected chi connectivity index (χ1v) is 12.0. The first kappa shape index (κ1) is 16.5. The summed E-state index contributed by atoms with van der Waals surface area (Å²) in [6.45, 7) is 0. The van der Waals surface area contributed by atoms with Crippen LogP contribution >= 0.6 is 0 Å². The summed E-state index contributed by atoms with van der Waals surface area (Å²) >= 11 is 0. The molecule has 128 valence electrons. The number of ketones is 1. The van der Waals surface area contributed by atoms with Gasteiger partial charge in [-0.05, 0) is 36.4 Å². The van der Waals surface area contributed by atoms with Gasteiger partial charge in [0.05, 0.1) is 0 Å². The Morgan fingerprint density at radius 1 is 0.760 bits per heavy atom. The van der Waals surface area contributed by atoms with Gasteiger partial charge in [0.2, 0.25) is 0 Å². The Bertz CT molecular complexity index is 701. The van der Waals surface area contributed by atoms with E-state index in [4.69, 9.17) is 0 Å². The molecule has 2 aromatic rings. The van der Waals surface area contributed by atoms with Gasteiger partial charge in [0, 0.05) is 6.42 Å². The van der Waals surface area contributed by atoms with Crippen molar-refractivity contribution in [3.8, 4) is 0 Å². The van der Waals surface area contributed by atoms with E-state index in [1.165, 1.54) is 24.9 Å². The van der Waals surface area contributed by atoms with Gasteiger partial charge in [-0.2, -0.15) is 0 Å². The van der Waals surface area contributed by atoms with Crippen molar-refractivity contribution in [1.29, 1.82) is 0 Å². The van der Waals surface area contributed by atoms with Crippen molar-refractivity contribution in [2.45, 2.75) is 37.8 Å². The van der Waals surface area contributed by atoms with Gasteiger partial charge in [0.1, 0.15) is 8.07 Å². The monoisotopic (exact) mass is 346 g/mol. The molecule has 0 N–H and O–H groups in total. The van der Waals surface area contributed by atoms with E-state index in [1.54, 1.807) is 10.4 Å². The van der Waals surface area contributed by atoms with Gasteiger partial charge < -0.3 is 0 Å². The fourth-order valence-electron chi connectivity index (χ4n) is 4.93. The zero-order valence-electron chi connectivity index (χ0n) is 14.7. The molecule has 1 heterocycles. The molecule has 1 saturated heterocycles. The van der Waals surface area contributed by atoms with Crippen LogP contribution in [0.5, 0.6) is 0 Å². The van der Waals surface area contributed by atoms with Gasteiger partial charge in [-0.15, -0.1) is 0 Å². The van der Waals surface area contributed by atoms with Gasteiger partial charge in [-0.1, -0.05) is 90.0 Å². The second-order valence-corrected chi connectivity index (χ2v) is 12.0. The topological polar surface area (TPSA) is 17.1 Å². The highest BCUT2D eigenvalue weighted by molar-refractivity contribution is 7.02. The molecule has 2 aromatic carbocycles. The van der Waals surface area contributed by atoms with Crippen LogP contribution in [0.1, 0.15) is 25.7 Å². The molecule has 1 fully saturated rings. The lowest BCUT2D eigenvalue weighted by Crippen LogP contribution is -2.60. The van der Waals surface area contributed by atoms with Crippen LogP contribution in [0, 0.1) is 11.8 Å². The van der Waals surface area contributed by atoms with E-state index in [2.05, 4.69) is 66.7 Å². The number of rotatable bonds is 3. The van der Waals surface area contributed by atoms with E-state index >= 15 is 0 Å². The normalized spacial score (nSPS) is 23.5. The van der Waals surface area contributed by atoms with Gasteiger partial charge in [0.15, 0.2) is 5.78 Å². The third kappa shape index (κ3) is 3.28. The van der Waals surface area contributed by atoms with Crippen molar-refractivity contribution in [3.63, 3.8) is 0 Å². The molecule has 1 unspecified atom stereocenters. The molecule has 25 heavy (non-hydrogen) atoms. The van der Waals surface area contributed by atoms with Crippen molar-refractivity contribution in [2.24, 2.45) is 11.8 Å². The third-order valence-electron chi connectivity index (χ3n) is 6.40. The summed E-state index contributed by atoms with van der Waals surface area (Å²) in [4.78, 5) is 11.5. The lowest BCUT2D eigenvalue weighted by atomic mass is 9.81. The van der Waals surface area contributed by atoms with E-state index in [9.17, 15) is 4.79 Å². The van der Waals surface area contributed by atoms with Crippen LogP contribution < -0.4 is 10.4 Å². The highest BCUT2D eigenvalue weighted by Crippen LogP contribution is 2.39. The summed E-state index contributed by atoms with van der Waals surface area (Å²) < 4.78 is 0. The number of allylic oxidation sites excluding steroid dienone is 2. The Hall–Kier alpha value is -1.93. The third-order valence-corrected chi connectivity index (χ3v) is 11.6. The standard InChI is InChI=1S/C23H26OSi/c24-21-13-11-19(12-14-21)20-15-17-25(18-16-20,22-7-3-1-4-8-22)23-9-5-2-6-10-23/h1-11,13,19-20H,12,14-18H2. The largest absolute Gasteiger partial charge is 0.295 e. The van der Waals surface area contributed by atoms with Gasteiger partial charge in [0.25, 0.3) is 0 Å². The minimum Gasteiger partial charge on any atom is -0.295 e. The van der Waals surface area contributed by atoms with Crippen molar-refractivity contribution in [1.82, 2.24) is 0 Å². The van der Waals surface area contributed by atoms with Gasteiger partial charge >= 0.3 is 0 Å². The minimum atomic E-state index is -1.64. The fraction of sp³-hybridized carbons (Fsp3) is 0.348. The molecule has 2 aliphatic rings. The van der Waals surface area contributed by atoms with Crippen LogP contribution in [0.3, 0.4) is 0 Å². The van der Waals surface area contributed by atoms with Crippen molar-refractivity contribution in [2.75, 3.05) is 0 Å². The number of carbonyl (C=O) groups excluding carboxylic acids is 1. The molecule has 0 spiro atoms. The maximum atomic E-state index is 11.5. The van der Waals surface area contributed by atoms with Crippen LogP contribution in [0.15, 0.2) is 72.8 Å². The van der Waals surface area contributed by atoms with Gasteiger partial charge in [-0.3, -0.25) is 4.79 Å². The summed E-state index contributed by atoms with van der Waals surface area (Å²) in [5, 5.41) is 3.18. The highest BCUT2D eigenvalue weighted by Gasteiger charge is 2.42. The SMILES string of the molecule is O=C1C=CC(C2CC[Si](c3ccccc3)(c3ccccc3)CC2)CC1. The molecule has 0 bridgehead atoms. The smallest absolute Gasteiger partial charge is 0.155 e. The Morgan fingerprint density at radius 2 is 1.32 bits per heavy atom. The Morgan fingerprint density at radius 3 is 1.80 bits per heavy atom. The fourth-order valence-corrected chi connectivity index (χ4v) is 10.1. The predicted molar refractivity (Wildman–Crippen MR) is 107 cm³/mol. The molecule has 0 aromatic heterocycles. The average molecular weight is 347 g/mol. The van der Waals surface area contributed by atoms with Crippen LogP contribution in [-0.2, 0) is 4.79 Å². The van der Waals surface area contributed by atoms with Crippen molar-refractivity contribution >= 4 is 24.2 Å². The van der Waals surface area contributed by atoms with Crippen molar-refractivity contribution in [3.05, 3.63) is 72.8 Å². The van der Waals surface area contributed by atoms with E-state index in [0.717, 1.165) is 18.8 Å². The summed E-state index contributed by atoms with van der Waals surface area (Å²) in [5.41, 5.74) is 0. The molecule has 1 atom stereocenters. The molecule has 1 nitrogen and oxygen atoms in total. The van der Waals surface area contributed by atoms with E-state index in [0.29, 0.717) is 11.7 Å². The quantitative estimate of drug-likeness (QED) is 0.762. The summed E-state index contributed by atoms with van der Waals surface area (Å²) in [5.74, 6) is 1.69. The minimum absolute atomic E-state index is 0.310. The molecule has 0 amide bonds. The zero-order valence-corrected chi connectivity index (χ0v) is 15.7. The number of carbonyl (C=O) groups is 1. The van der Waals surface area contributed by atoms with Crippen LogP contribution in [0.2, 0.25) is 12.1 Å². The number of hydrogen-bond acceptors (Lipinski definition) is 1. The first-order valence-electron chi connectivity index (χ1n) is 9.60. The van der Waals surface area contributed by atoms with Crippen molar-refractivity contribution < 1.29 is 4.79 Å². The lowest BCUT2D eigenvalue weighted by Gasteiger charge is -2.41. The molecule has 4 rings (SSSR count). The summed E-state index contributed by atoms with van der Waals surface area (Å²) in [6, 6.07) is 25.2. The maximum absolute atomic E-state index is 11.5. The lowest BCUT2D eigenvalue weighted by molar-refractivity contribution is -0.115. The molecule has 0 saturated carbocycles. The van der Waals surface area contributed by atoms with E-state index in [1.807, 2.05) is 6.08 Å². The average Bonchev–Trinajstić information content (AvgIpc) is 2.70. The van der Waals surface area contributed by atoms with E-state index < -0.39 is 8.07 Å². The molecule has 2 heteroatoms. The summed E-state index contributed by atoms with van der Waals surface area (Å²) in [7, 11) is -1.64. The Kier molecular flexibility index (Phi) is 4.71. The maximum Gasteiger partial charge on any atom is 0.155 e. The van der Waals surface area contributed by atoms with E-state index in [-0.39, 0.29) is 0 Å². The molecular formula is C23H26OSi. The summed E-state index contributed by atoms with van der Waals surface area (Å²) in [6.07, 6.45) is 8.46. The van der Waals surface area contributed by atoms with Crippen LogP contribution in [-0.4, -0.2) is 13.9 Å². The molecular weight excluding hydrogens is 320 g/mol. The zero-order chi connectivity index (χ0) is 17.1. The Labute approximate surface area is 151 Å². The number of hydrogen-bond donors (Lipinski definition) is 0. The first-order chi connectivity index (χ1) is 12.3. The second kappa shape index (κ2) is 7.13. The molecule has 1 aliphatic heterocycles. The van der Waals surface area contributed by atoms with Gasteiger partial charge in [-0.25, -0.2) is 0 Å². The van der Waals surface area contributed by atoms with Crippen LogP contribution in [0.4, 0.5) is 0 Å². The molecule has 0 radical (unpaired) electrons. The molecule has 1 aliphatic carbocycles. The van der Waals surface area contributed by atoms with Crippen LogP contribution in [0.25, 0.3) is 0 Å².